The van der Waals surface area contributed by atoms with E-state index in [1.807, 2.05) is 0 Å². The number of ether oxygens (including phenoxy) is 1. The first-order valence-electron chi connectivity index (χ1n) is 6.98. The Bertz CT molecular complexity index is 517. The molecule has 2 atom stereocenters. The standard InChI is InChI=1S/C15H23ClN2O4/c1-15(2,3)22-14(21)18-7-6-12(19)13(20)9-4-5-10(16)11(17)8-9/h4-5,8,12-13,19-20H,6-7,17H2,1-3H3,(H,18,21). The van der Waals surface area contributed by atoms with Gasteiger partial charge in [-0.15, -0.1) is 0 Å². The highest BCUT2D eigenvalue weighted by Gasteiger charge is 2.20. The summed E-state index contributed by atoms with van der Waals surface area (Å²) in [4.78, 5) is 11.5. The molecule has 0 aliphatic heterocycles. The minimum Gasteiger partial charge on any atom is -0.444 e. The van der Waals surface area contributed by atoms with Gasteiger partial charge in [-0.25, -0.2) is 4.79 Å². The zero-order chi connectivity index (χ0) is 16.9. The summed E-state index contributed by atoms with van der Waals surface area (Å²) < 4.78 is 5.07. The fourth-order valence-electron chi connectivity index (χ4n) is 1.76. The summed E-state index contributed by atoms with van der Waals surface area (Å²) in [5.74, 6) is 0. The molecule has 0 saturated carbocycles. The van der Waals surface area contributed by atoms with Crippen LogP contribution >= 0.6 is 11.6 Å². The van der Waals surface area contributed by atoms with Crippen molar-refractivity contribution in [1.82, 2.24) is 5.32 Å². The van der Waals surface area contributed by atoms with Crippen molar-refractivity contribution in [1.29, 1.82) is 0 Å². The molecule has 2 unspecified atom stereocenters. The highest BCUT2D eigenvalue weighted by molar-refractivity contribution is 6.33. The fourth-order valence-corrected chi connectivity index (χ4v) is 1.88. The molecule has 1 aromatic carbocycles. The number of aliphatic hydroxyl groups is 2. The number of benzene rings is 1. The number of carbonyl (C=O) groups is 1. The molecule has 6 nitrogen and oxygen atoms in total. The van der Waals surface area contributed by atoms with Crippen molar-refractivity contribution < 1.29 is 19.7 Å². The second-order valence-corrected chi connectivity index (χ2v) is 6.42. The Kier molecular flexibility index (Phi) is 6.47. The van der Waals surface area contributed by atoms with Gasteiger partial charge in [0.05, 0.1) is 16.8 Å². The molecule has 0 saturated heterocycles. The van der Waals surface area contributed by atoms with Crippen LogP contribution in [0.25, 0.3) is 0 Å². The van der Waals surface area contributed by atoms with Crippen LogP contribution in [-0.2, 0) is 4.74 Å². The SMILES string of the molecule is CC(C)(C)OC(=O)NCCC(O)C(O)c1ccc(Cl)c(N)c1. The molecule has 1 rings (SSSR count). The second-order valence-electron chi connectivity index (χ2n) is 6.01. The maximum absolute atomic E-state index is 11.5. The van der Waals surface area contributed by atoms with Crippen molar-refractivity contribution in [2.45, 2.75) is 45.0 Å². The van der Waals surface area contributed by atoms with Crippen LogP contribution in [0, 0.1) is 0 Å². The van der Waals surface area contributed by atoms with E-state index in [1.54, 1.807) is 32.9 Å². The molecule has 5 N–H and O–H groups in total. The molecular weight excluding hydrogens is 308 g/mol. The molecule has 22 heavy (non-hydrogen) atoms. The number of halogens is 1. The lowest BCUT2D eigenvalue weighted by Gasteiger charge is -2.21. The first-order valence-corrected chi connectivity index (χ1v) is 7.36. The van der Waals surface area contributed by atoms with E-state index >= 15 is 0 Å². The van der Waals surface area contributed by atoms with E-state index in [4.69, 9.17) is 22.1 Å². The molecule has 1 aromatic rings. The molecule has 0 aliphatic carbocycles. The Morgan fingerprint density at radius 1 is 1.41 bits per heavy atom. The van der Waals surface area contributed by atoms with Gasteiger partial charge >= 0.3 is 6.09 Å². The first kappa shape index (κ1) is 18.5. The number of hydrogen-bond donors (Lipinski definition) is 4. The molecule has 0 fully saturated rings. The Morgan fingerprint density at radius 2 is 2.05 bits per heavy atom. The Hall–Kier alpha value is -1.50. The number of nitrogens with one attached hydrogen (secondary N) is 1. The number of hydrogen-bond acceptors (Lipinski definition) is 5. The molecule has 1 amide bonds. The third kappa shape index (κ3) is 6.09. The zero-order valence-corrected chi connectivity index (χ0v) is 13.7. The molecular formula is C15H23ClN2O4. The number of rotatable bonds is 5. The third-order valence-electron chi connectivity index (χ3n) is 2.83. The van der Waals surface area contributed by atoms with Gasteiger partial charge < -0.3 is 26.0 Å². The predicted octanol–water partition coefficient (Wildman–Crippen LogP) is 2.23. The topological polar surface area (TPSA) is 105 Å². The predicted molar refractivity (Wildman–Crippen MR) is 85.7 cm³/mol. The molecule has 0 aromatic heterocycles. The summed E-state index contributed by atoms with van der Waals surface area (Å²) in [6.07, 6.45) is -2.55. The van der Waals surface area contributed by atoms with Crippen LogP contribution in [0.2, 0.25) is 5.02 Å². The molecule has 0 heterocycles. The van der Waals surface area contributed by atoms with Crippen molar-refractivity contribution in [3.63, 3.8) is 0 Å². The van der Waals surface area contributed by atoms with E-state index in [-0.39, 0.29) is 13.0 Å². The van der Waals surface area contributed by atoms with Crippen molar-refractivity contribution >= 4 is 23.4 Å². The first-order chi connectivity index (χ1) is 10.1. The molecule has 0 spiro atoms. The molecule has 0 bridgehead atoms. The summed E-state index contributed by atoms with van der Waals surface area (Å²) in [7, 11) is 0. The summed E-state index contributed by atoms with van der Waals surface area (Å²) in [5, 5.41) is 22.9. The van der Waals surface area contributed by atoms with Gasteiger partial charge in [0.15, 0.2) is 0 Å². The van der Waals surface area contributed by atoms with Gasteiger partial charge in [-0.3, -0.25) is 0 Å². The Morgan fingerprint density at radius 3 is 2.59 bits per heavy atom. The fraction of sp³-hybridized carbons (Fsp3) is 0.533. The molecule has 124 valence electrons. The smallest absolute Gasteiger partial charge is 0.407 e. The Labute approximate surface area is 135 Å². The number of alkyl carbamates (subject to hydrolysis) is 1. The monoisotopic (exact) mass is 330 g/mol. The lowest BCUT2D eigenvalue weighted by Crippen LogP contribution is -2.34. The van der Waals surface area contributed by atoms with Crippen LogP contribution in [0.5, 0.6) is 0 Å². The minimum atomic E-state index is -1.11. The number of anilines is 1. The molecule has 0 radical (unpaired) electrons. The summed E-state index contributed by atoms with van der Waals surface area (Å²) in [5.41, 5.74) is 5.87. The van der Waals surface area contributed by atoms with Gasteiger partial charge in [0, 0.05) is 6.54 Å². The average Bonchev–Trinajstić information content (AvgIpc) is 2.38. The quantitative estimate of drug-likeness (QED) is 0.620. The van der Waals surface area contributed by atoms with Crippen molar-refractivity contribution in [2.75, 3.05) is 12.3 Å². The third-order valence-corrected chi connectivity index (χ3v) is 3.18. The maximum atomic E-state index is 11.5. The van der Waals surface area contributed by atoms with Crippen LogP contribution in [0.15, 0.2) is 18.2 Å². The van der Waals surface area contributed by atoms with Crippen LogP contribution in [0.1, 0.15) is 38.9 Å². The minimum absolute atomic E-state index is 0.170. The van der Waals surface area contributed by atoms with Gasteiger partial charge in [0.2, 0.25) is 0 Å². The number of carbonyl (C=O) groups excluding carboxylic acids is 1. The van der Waals surface area contributed by atoms with Crippen LogP contribution < -0.4 is 11.1 Å². The highest BCUT2D eigenvalue weighted by Crippen LogP contribution is 2.25. The van der Waals surface area contributed by atoms with E-state index in [1.165, 1.54) is 6.07 Å². The average molecular weight is 331 g/mol. The number of aliphatic hydroxyl groups excluding tert-OH is 2. The van der Waals surface area contributed by atoms with Crippen LogP contribution in [0.3, 0.4) is 0 Å². The second kappa shape index (κ2) is 7.67. The molecule has 0 aliphatic rings. The summed E-state index contributed by atoms with van der Waals surface area (Å²) in [6.45, 7) is 5.46. The Balaban J connectivity index is 2.46. The number of nitrogen functional groups attached to an aromatic ring is 1. The normalized spacial score (nSPS) is 14.3. The molecule has 7 heteroatoms. The van der Waals surface area contributed by atoms with E-state index < -0.39 is 23.9 Å². The van der Waals surface area contributed by atoms with Gasteiger partial charge in [-0.05, 0) is 44.9 Å². The van der Waals surface area contributed by atoms with Crippen molar-refractivity contribution in [3.8, 4) is 0 Å². The van der Waals surface area contributed by atoms with E-state index in [2.05, 4.69) is 5.32 Å². The van der Waals surface area contributed by atoms with Gasteiger partial charge in [-0.2, -0.15) is 0 Å². The number of nitrogens with two attached hydrogens (primary N) is 1. The van der Waals surface area contributed by atoms with Gasteiger partial charge in [0.25, 0.3) is 0 Å². The van der Waals surface area contributed by atoms with Crippen LogP contribution in [0.4, 0.5) is 10.5 Å². The van der Waals surface area contributed by atoms with E-state index in [9.17, 15) is 15.0 Å². The number of amides is 1. The lowest BCUT2D eigenvalue weighted by molar-refractivity contribution is 0.0123. The summed E-state index contributed by atoms with van der Waals surface area (Å²) >= 11 is 5.81. The maximum Gasteiger partial charge on any atom is 0.407 e. The van der Waals surface area contributed by atoms with Gasteiger partial charge in [0.1, 0.15) is 11.7 Å². The van der Waals surface area contributed by atoms with Crippen LogP contribution in [-0.4, -0.2) is 34.6 Å². The van der Waals surface area contributed by atoms with E-state index in [0.29, 0.717) is 16.3 Å². The zero-order valence-electron chi connectivity index (χ0n) is 13.0. The van der Waals surface area contributed by atoms with Crippen molar-refractivity contribution in [2.24, 2.45) is 0 Å². The highest BCUT2D eigenvalue weighted by atomic mass is 35.5. The van der Waals surface area contributed by atoms with Crippen molar-refractivity contribution in [3.05, 3.63) is 28.8 Å². The summed E-state index contributed by atoms with van der Waals surface area (Å²) in [6, 6.07) is 4.66. The van der Waals surface area contributed by atoms with E-state index in [0.717, 1.165) is 0 Å². The van der Waals surface area contributed by atoms with Gasteiger partial charge in [-0.1, -0.05) is 17.7 Å². The lowest BCUT2D eigenvalue weighted by atomic mass is 10.0. The largest absolute Gasteiger partial charge is 0.444 e.